The molecule has 30 heavy (non-hydrogen) atoms. The highest BCUT2D eigenvalue weighted by Gasteiger charge is 2.17. The molecule has 0 bridgehead atoms. The molecule has 0 saturated carbocycles. The molecule has 1 aromatic heterocycles. The van der Waals surface area contributed by atoms with Gasteiger partial charge >= 0.3 is 5.97 Å². The van der Waals surface area contributed by atoms with Gasteiger partial charge in [0, 0.05) is 18.2 Å². The van der Waals surface area contributed by atoms with Crippen LogP contribution in [0.1, 0.15) is 34.4 Å². The van der Waals surface area contributed by atoms with Gasteiger partial charge in [-0.2, -0.15) is 5.26 Å². The number of nitrogens with one attached hydrogen (secondary N) is 2. The fraction of sp³-hybridized carbons (Fsp3) is 0.300. The van der Waals surface area contributed by atoms with Gasteiger partial charge in [0.05, 0.1) is 16.2 Å². The van der Waals surface area contributed by atoms with Gasteiger partial charge in [-0.1, -0.05) is 6.07 Å². The lowest BCUT2D eigenvalue weighted by Crippen LogP contribution is -2.22. The number of nitro groups is 1. The Kier molecular flexibility index (Phi) is 7.03. The standard InChI is InChI=1S/C20H20N4O6/c1-11-14(13(3)22-20(27)15(11)9-21)7-8-19(26)30-10-18(25)23-16-5-4-6-17(12(16)2)24(28)29/h4-6H,7-8,10H2,1-3H3,(H,22,27)(H,23,25). The smallest absolute Gasteiger partial charge is 0.306 e. The van der Waals surface area contributed by atoms with Gasteiger partial charge in [0.15, 0.2) is 6.61 Å². The van der Waals surface area contributed by atoms with E-state index in [-0.39, 0.29) is 29.8 Å². The summed E-state index contributed by atoms with van der Waals surface area (Å²) < 4.78 is 4.95. The van der Waals surface area contributed by atoms with E-state index in [1.165, 1.54) is 25.1 Å². The highest BCUT2D eigenvalue weighted by atomic mass is 16.6. The van der Waals surface area contributed by atoms with Crippen molar-refractivity contribution < 1.29 is 19.2 Å². The maximum Gasteiger partial charge on any atom is 0.306 e. The second-order valence-electron chi connectivity index (χ2n) is 6.59. The van der Waals surface area contributed by atoms with Crippen molar-refractivity contribution in [3.8, 4) is 6.07 Å². The molecule has 0 saturated heterocycles. The average molecular weight is 412 g/mol. The minimum atomic E-state index is -0.635. The molecule has 1 aromatic carbocycles. The summed E-state index contributed by atoms with van der Waals surface area (Å²) in [5, 5.41) is 22.5. The zero-order valence-corrected chi connectivity index (χ0v) is 16.7. The van der Waals surface area contributed by atoms with Crippen molar-refractivity contribution in [2.75, 3.05) is 11.9 Å². The first-order valence-electron chi connectivity index (χ1n) is 8.97. The lowest BCUT2D eigenvalue weighted by atomic mass is 9.99. The van der Waals surface area contributed by atoms with E-state index in [0.717, 1.165) is 0 Å². The molecule has 10 heteroatoms. The second-order valence-corrected chi connectivity index (χ2v) is 6.59. The zero-order valence-electron chi connectivity index (χ0n) is 16.7. The molecule has 0 unspecified atom stereocenters. The first-order valence-corrected chi connectivity index (χ1v) is 8.97. The number of ether oxygens (including phenoxy) is 1. The van der Waals surface area contributed by atoms with Crippen LogP contribution in [-0.4, -0.2) is 28.4 Å². The fourth-order valence-corrected chi connectivity index (χ4v) is 3.01. The lowest BCUT2D eigenvalue weighted by Gasteiger charge is -2.11. The predicted molar refractivity (Wildman–Crippen MR) is 107 cm³/mol. The van der Waals surface area contributed by atoms with Crippen LogP contribution in [0.5, 0.6) is 0 Å². The number of carbonyl (C=O) groups excluding carboxylic acids is 2. The van der Waals surface area contributed by atoms with E-state index in [9.17, 15) is 24.5 Å². The maximum absolute atomic E-state index is 12.0. The Balaban J connectivity index is 1.94. The van der Waals surface area contributed by atoms with Crippen LogP contribution >= 0.6 is 0 Å². The number of aromatic amines is 1. The van der Waals surface area contributed by atoms with Crippen molar-refractivity contribution >= 4 is 23.3 Å². The van der Waals surface area contributed by atoms with Crippen LogP contribution in [0, 0.1) is 42.2 Å². The van der Waals surface area contributed by atoms with Crippen molar-refractivity contribution in [3.63, 3.8) is 0 Å². The first kappa shape index (κ1) is 22.3. The molecule has 0 atom stereocenters. The summed E-state index contributed by atoms with van der Waals surface area (Å²) in [6.45, 7) is 4.26. The Morgan fingerprint density at radius 2 is 1.97 bits per heavy atom. The number of H-pyrrole nitrogens is 1. The maximum atomic E-state index is 12.0. The molecule has 156 valence electrons. The molecular formula is C20H20N4O6. The van der Waals surface area contributed by atoms with Crippen molar-refractivity contribution in [2.45, 2.75) is 33.6 Å². The van der Waals surface area contributed by atoms with Gasteiger partial charge in [0.2, 0.25) is 0 Å². The molecule has 0 fully saturated rings. The van der Waals surface area contributed by atoms with Crippen molar-refractivity contribution in [3.05, 3.63) is 66.6 Å². The highest BCUT2D eigenvalue weighted by molar-refractivity contribution is 5.94. The number of aryl methyl sites for hydroxylation is 1. The molecule has 0 radical (unpaired) electrons. The Morgan fingerprint density at radius 1 is 1.27 bits per heavy atom. The number of nitro benzene ring substituents is 1. The van der Waals surface area contributed by atoms with Crippen LogP contribution in [0.2, 0.25) is 0 Å². The summed E-state index contributed by atoms with van der Waals surface area (Å²) in [6, 6.07) is 6.12. The van der Waals surface area contributed by atoms with E-state index in [1.807, 2.05) is 6.07 Å². The summed E-state index contributed by atoms with van der Waals surface area (Å²) in [5.41, 5.74) is 1.66. The number of amides is 1. The Bertz CT molecular complexity index is 1110. The number of aromatic nitrogens is 1. The normalized spacial score (nSPS) is 10.2. The molecule has 0 spiro atoms. The van der Waals surface area contributed by atoms with Gasteiger partial charge in [-0.15, -0.1) is 0 Å². The quantitative estimate of drug-likeness (QED) is 0.401. The van der Waals surface area contributed by atoms with E-state index in [1.54, 1.807) is 13.8 Å². The topological polar surface area (TPSA) is 155 Å². The van der Waals surface area contributed by atoms with Gasteiger partial charge < -0.3 is 15.0 Å². The number of nitrogens with zero attached hydrogens (tertiary/aromatic N) is 2. The monoisotopic (exact) mass is 412 g/mol. The summed E-state index contributed by atoms with van der Waals surface area (Å²) in [5.74, 6) is -1.26. The molecule has 1 amide bonds. The van der Waals surface area contributed by atoms with Crippen LogP contribution < -0.4 is 10.9 Å². The van der Waals surface area contributed by atoms with Gasteiger partial charge in [0.1, 0.15) is 11.6 Å². The Labute approximate surface area is 171 Å². The summed E-state index contributed by atoms with van der Waals surface area (Å²) >= 11 is 0. The van der Waals surface area contributed by atoms with E-state index >= 15 is 0 Å². The van der Waals surface area contributed by atoms with E-state index in [4.69, 9.17) is 10.00 Å². The van der Waals surface area contributed by atoms with Crippen molar-refractivity contribution in [1.82, 2.24) is 4.98 Å². The number of rotatable bonds is 7. The SMILES string of the molecule is Cc1[nH]c(=O)c(C#N)c(C)c1CCC(=O)OCC(=O)Nc1cccc([N+](=O)[O-])c1C. The highest BCUT2D eigenvalue weighted by Crippen LogP contribution is 2.24. The molecule has 0 aliphatic heterocycles. The number of carbonyl (C=O) groups is 2. The number of nitriles is 1. The van der Waals surface area contributed by atoms with Gasteiger partial charge in [-0.05, 0) is 44.4 Å². The van der Waals surface area contributed by atoms with Gasteiger partial charge in [0.25, 0.3) is 17.2 Å². The lowest BCUT2D eigenvalue weighted by molar-refractivity contribution is -0.385. The number of benzene rings is 1. The second kappa shape index (κ2) is 9.47. The summed E-state index contributed by atoms with van der Waals surface area (Å²) in [7, 11) is 0. The third kappa shape index (κ3) is 5.08. The van der Waals surface area contributed by atoms with Crippen LogP contribution in [-0.2, 0) is 20.7 Å². The summed E-state index contributed by atoms with van der Waals surface area (Å²) in [4.78, 5) is 48.7. The molecule has 0 aliphatic carbocycles. The third-order valence-corrected chi connectivity index (χ3v) is 4.64. The predicted octanol–water partition coefficient (Wildman–Crippen LogP) is 2.19. The zero-order chi connectivity index (χ0) is 22.4. The molecular weight excluding hydrogens is 392 g/mol. The van der Waals surface area contributed by atoms with E-state index in [0.29, 0.717) is 22.4 Å². The van der Waals surface area contributed by atoms with E-state index < -0.39 is 29.0 Å². The molecule has 2 N–H and O–H groups in total. The first-order chi connectivity index (χ1) is 14.1. The number of pyridine rings is 1. The molecule has 2 aromatic rings. The van der Waals surface area contributed by atoms with Crippen LogP contribution in [0.15, 0.2) is 23.0 Å². The Morgan fingerprint density at radius 3 is 2.60 bits per heavy atom. The number of anilines is 1. The number of hydrogen-bond acceptors (Lipinski definition) is 7. The van der Waals surface area contributed by atoms with Gasteiger partial charge in [-0.3, -0.25) is 24.5 Å². The third-order valence-electron chi connectivity index (χ3n) is 4.64. The molecule has 2 rings (SSSR count). The minimum absolute atomic E-state index is 0.00401. The fourth-order valence-electron chi connectivity index (χ4n) is 3.01. The minimum Gasteiger partial charge on any atom is -0.456 e. The molecule has 10 nitrogen and oxygen atoms in total. The number of esters is 1. The Hall–Kier alpha value is -4.00. The van der Waals surface area contributed by atoms with Crippen molar-refractivity contribution in [1.29, 1.82) is 5.26 Å². The molecule has 1 heterocycles. The summed E-state index contributed by atoms with van der Waals surface area (Å²) in [6.07, 6.45) is 0.176. The average Bonchev–Trinajstić information content (AvgIpc) is 2.67. The van der Waals surface area contributed by atoms with Crippen molar-refractivity contribution in [2.24, 2.45) is 0 Å². The molecule has 0 aliphatic rings. The van der Waals surface area contributed by atoms with Crippen LogP contribution in [0.4, 0.5) is 11.4 Å². The van der Waals surface area contributed by atoms with Gasteiger partial charge in [-0.25, -0.2) is 0 Å². The largest absolute Gasteiger partial charge is 0.456 e. The van der Waals surface area contributed by atoms with Crippen LogP contribution in [0.25, 0.3) is 0 Å². The van der Waals surface area contributed by atoms with Crippen LogP contribution in [0.3, 0.4) is 0 Å². The number of hydrogen-bond donors (Lipinski definition) is 2. The van der Waals surface area contributed by atoms with E-state index in [2.05, 4.69) is 10.3 Å².